The topological polar surface area (TPSA) is 76.7 Å². The van der Waals surface area contributed by atoms with Gasteiger partial charge in [0, 0.05) is 6.04 Å². The van der Waals surface area contributed by atoms with Gasteiger partial charge in [-0.15, -0.1) is 0 Å². The van der Waals surface area contributed by atoms with Crippen molar-refractivity contribution >= 4 is 18.7 Å². The van der Waals surface area contributed by atoms with E-state index in [1.165, 1.54) is 6.42 Å². The van der Waals surface area contributed by atoms with E-state index < -0.39 is 5.60 Å². The number of benzene rings is 1. The Morgan fingerprint density at radius 2 is 1.76 bits per heavy atom. The molecule has 4 atom stereocenters. The van der Waals surface area contributed by atoms with Crippen molar-refractivity contribution < 1.29 is 18.8 Å². The van der Waals surface area contributed by atoms with Gasteiger partial charge in [0.15, 0.2) is 0 Å². The number of imidazole rings is 1. The molecule has 3 fully saturated rings. The van der Waals surface area contributed by atoms with E-state index in [0.717, 1.165) is 35.4 Å². The standard InChI is InChI=1S/C30H44BN3O4/c1-18(2)14-20-15-22-16-23(20)25(34(22)27(35)36-28(3,4)5)26-32-17-24(33-26)19-10-12-21(13-11-19)31-37-29(6,7)30(8,9)38-31/h10-13,17-18,20,22-23,25H,14-16H2,1-9H3,(H,32,33). The minimum absolute atomic E-state index is 0.0925. The van der Waals surface area contributed by atoms with E-state index in [4.69, 9.17) is 19.0 Å². The lowest BCUT2D eigenvalue weighted by Gasteiger charge is -2.39. The van der Waals surface area contributed by atoms with Crippen LogP contribution in [0.3, 0.4) is 0 Å². The summed E-state index contributed by atoms with van der Waals surface area (Å²) < 4.78 is 18.3. The van der Waals surface area contributed by atoms with Gasteiger partial charge in [-0.1, -0.05) is 38.1 Å². The summed E-state index contributed by atoms with van der Waals surface area (Å²) in [5, 5.41) is 0. The molecule has 3 heterocycles. The van der Waals surface area contributed by atoms with Crippen molar-refractivity contribution in [1.82, 2.24) is 14.9 Å². The van der Waals surface area contributed by atoms with Crippen LogP contribution in [0.15, 0.2) is 30.5 Å². The smallest absolute Gasteiger partial charge is 0.444 e. The third kappa shape index (κ3) is 5.02. The van der Waals surface area contributed by atoms with Crippen LogP contribution >= 0.6 is 0 Å². The Kier molecular flexibility index (Phi) is 6.75. The van der Waals surface area contributed by atoms with Crippen LogP contribution in [-0.2, 0) is 14.0 Å². The first-order valence-electron chi connectivity index (χ1n) is 14.2. The number of nitrogens with zero attached hydrogens (tertiary/aromatic N) is 2. The normalized spacial score (nSPS) is 27.9. The molecule has 3 aliphatic rings. The highest BCUT2D eigenvalue weighted by atomic mass is 16.7. The molecule has 1 aromatic heterocycles. The second kappa shape index (κ2) is 9.41. The number of nitrogens with one attached hydrogen (secondary N) is 1. The Morgan fingerprint density at radius 3 is 2.34 bits per heavy atom. The Morgan fingerprint density at radius 1 is 1.13 bits per heavy atom. The van der Waals surface area contributed by atoms with Crippen LogP contribution in [0, 0.1) is 17.8 Å². The summed E-state index contributed by atoms with van der Waals surface area (Å²) in [7, 11) is -0.388. The van der Waals surface area contributed by atoms with Crippen LogP contribution in [0.1, 0.15) is 93.4 Å². The molecule has 1 aromatic carbocycles. The molecule has 0 spiro atoms. The van der Waals surface area contributed by atoms with E-state index in [1.54, 1.807) is 0 Å². The summed E-state index contributed by atoms with van der Waals surface area (Å²) in [6, 6.07) is 8.38. The molecule has 1 N–H and O–H groups in total. The average molecular weight is 522 g/mol. The minimum atomic E-state index is -0.534. The van der Waals surface area contributed by atoms with Crippen molar-refractivity contribution in [2.75, 3.05) is 0 Å². The number of carbonyl (C=O) groups excluding carboxylic acids is 1. The zero-order valence-electron chi connectivity index (χ0n) is 24.5. The lowest BCUT2D eigenvalue weighted by atomic mass is 9.79. The summed E-state index contributed by atoms with van der Waals surface area (Å²) in [5.41, 5.74) is 1.69. The quantitative estimate of drug-likeness (QED) is 0.481. The molecule has 2 aliphatic heterocycles. The van der Waals surface area contributed by atoms with Crippen molar-refractivity contribution in [2.45, 2.75) is 110 Å². The fourth-order valence-electron chi connectivity index (χ4n) is 6.40. The zero-order valence-corrected chi connectivity index (χ0v) is 24.5. The van der Waals surface area contributed by atoms with Crippen LogP contribution < -0.4 is 5.46 Å². The van der Waals surface area contributed by atoms with Crippen LogP contribution in [-0.4, -0.2) is 50.9 Å². The average Bonchev–Trinajstić information content (AvgIpc) is 3.54. The summed E-state index contributed by atoms with van der Waals surface area (Å²) in [4.78, 5) is 23.7. The Labute approximate surface area is 228 Å². The third-order valence-electron chi connectivity index (χ3n) is 8.82. The number of rotatable bonds is 5. The van der Waals surface area contributed by atoms with Crippen molar-refractivity contribution in [1.29, 1.82) is 0 Å². The van der Waals surface area contributed by atoms with Gasteiger partial charge >= 0.3 is 13.2 Å². The number of ether oxygens (including phenoxy) is 1. The van der Waals surface area contributed by atoms with Gasteiger partial charge in [-0.2, -0.15) is 0 Å². The molecule has 4 unspecified atom stereocenters. The fourth-order valence-corrected chi connectivity index (χ4v) is 6.40. The van der Waals surface area contributed by atoms with Crippen molar-refractivity contribution in [3.05, 3.63) is 36.3 Å². The van der Waals surface area contributed by atoms with E-state index in [2.05, 4.69) is 70.8 Å². The Bertz CT molecular complexity index is 1150. The number of aromatic amines is 1. The predicted molar refractivity (Wildman–Crippen MR) is 150 cm³/mol. The lowest BCUT2D eigenvalue weighted by Crippen LogP contribution is -2.45. The van der Waals surface area contributed by atoms with Crippen LogP contribution in [0.2, 0.25) is 0 Å². The van der Waals surface area contributed by atoms with E-state index in [0.29, 0.717) is 17.8 Å². The molecular weight excluding hydrogens is 477 g/mol. The summed E-state index contributed by atoms with van der Waals surface area (Å²) in [6.07, 6.45) is 4.89. The highest BCUT2D eigenvalue weighted by Gasteiger charge is 2.55. The van der Waals surface area contributed by atoms with Gasteiger partial charge in [-0.3, -0.25) is 4.90 Å². The molecule has 1 amide bonds. The van der Waals surface area contributed by atoms with Crippen molar-refractivity contribution in [3.8, 4) is 11.3 Å². The highest BCUT2D eigenvalue weighted by molar-refractivity contribution is 6.62. The minimum Gasteiger partial charge on any atom is -0.444 e. The second-order valence-corrected chi connectivity index (χ2v) is 13.9. The lowest BCUT2D eigenvalue weighted by molar-refractivity contribution is -0.000527. The number of amides is 1. The summed E-state index contributed by atoms with van der Waals surface area (Å²) in [6.45, 7) is 18.6. The maximum atomic E-state index is 13.3. The van der Waals surface area contributed by atoms with Crippen molar-refractivity contribution in [3.63, 3.8) is 0 Å². The van der Waals surface area contributed by atoms with Gasteiger partial charge in [0.25, 0.3) is 0 Å². The number of carbonyl (C=O) groups is 1. The van der Waals surface area contributed by atoms with Crippen LogP contribution in [0.4, 0.5) is 4.79 Å². The van der Waals surface area contributed by atoms with E-state index in [-0.39, 0.29) is 36.5 Å². The van der Waals surface area contributed by atoms with Gasteiger partial charge in [-0.05, 0) is 96.5 Å². The Balaban J connectivity index is 1.38. The van der Waals surface area contributed by atoms with Crippen LogP contribution in [0.25, 0.3) is 11.3 Å². The maximum Gasteiger partial charge on any atom is 0.494 e. The SMILES string of the molecule is CC(C)CC1CC2CC1C(c1ncc(-c3ccc(B4OC(C)(C)C(C)(C)O4)cc3)[nH]1)N2C(=O)OC(C)(C)C. The molecule has 0 radical (unpaired) electrons. The molecule has 8 heteroatoms. The molecule has 1 aliphatic carbocycles. The summed E-state index contributed by atoms with van der Waals surface area (Å²) in [5.74, 6) is 2.46. The molecule has 1 saturated carbocycles. The molecular formula is C30H44BN3O4. The molecule has 7 nitrogen and oxygen atoms in total. The van der Waals surface area contributed by atoms with Gasteiger partial charge in [-0.25, -0.2) is 9.78 Å². The number of hydrogen-bond donors (Lipinski definition) is 1. The molecule has 2 saturated heterocycles. The van der Waals surface area contributed by atoms with E-state index >= 15 is 0 Å². The second-order valence-electron chi connectivity index (χ2n) is 13.9. The molecule has 2 bridgehead atoms. The van der Waals surface area contributed by atoms with E-state index in [1.807, 2.05) is 31.9 Å². The monoisotopic (exact) mass is 521 g/mol. The molecule has 38 heavy (non-hydrogen) atoms. The number of piperidine rings is 1. The first-order valence-corrected chi connectivity index (χ1v) is 14.2. The van der Waals surface area contributed by atoms with Gasteiger partial charge < -0.3 is 19.0 Å². The largest absolute Gasteiger partial charge is 0.494 e. The van der Waals surface area contributed by atoms with Gasteiger partial charge in [0.1, 0.15) is 11.4 Å². The first-order chi connectivity index (χ1) is 17.6. The Hall–Kier alpha value is -2.32. The fraction of sp³-hybridized carbons (Fsp3) is 0.667. The molecule has 206 valence electrons. The van der Waals surface area contributed by atoms with Crippen molar-refractivity contribution in [2.24, 2.45) is 17.8 Å². The number of fused-ring (bicyclic) bond motifs is 2. The van der Waals surface area contributed by atoms with Gasteiger partial charge in [0.2, 0.25) is 0 Å². The number of aromatic nitrogens is 2. The number of likely N-dealkylation sites (tertiary alicyclic amines) is 1. The first kappa shape index (κ1) is 27.3. The molecule has 2 aromatic rings. The molecule has 5 rings (SSSR count). The number of hydrogen-bond acceptors (Lipinski definition) is 5. The third-order valence-corrected chi connectivity index (χ3v) is 8.82. The summed E-state index contributed by atoms with van der Waals surface area (Å²) >= 11 is 0. The zero-order chi connectivity index (χ0) is 27.6. The van der Waals surface area contributed by atoms with Gasteiger partial charge in [0.05, 0.1) is 29.1 Å². The van der Waals surface area contributed by atoms with E-state index in [9.17, 15) is 4.79 Å². The maximum absolute atomic E-state index is 13.3. The highest BCUT2D eigenvalue weighted by Crippen LogP contribution is 2.54. The van der Waals surface area contributed by atoms with Crippen LogP contribution in [0.5, 0.6) is 0 Å². The number of H-pyrrole nitrogens is 1. The predicted octanol–water partition coefficient (Wildman–Crippen LogP) is 6.11.